The van der Waals surface area contributed by atoms with Crippen LogP contribution in [-0.2, 0) is 0 Å². The van der Waals surface area contributed by atoms with Crippen molar-refractivity contribution >= 4 is 46.2 Å². The molecule has 3 atom stereocenters. The van der Waals surface area contributed by atoms with Gasteiger partial charge in [-0.15, -0.1) is 0 Å². The highest BCUT2D eigenvalue weighted by Gasteiger charge is 2.40. The maximum Gasteiger partial charge on any atom is 0.269 e. The molecular formula is C18H13Cl3N2O2. The Morgan fingerprint density at radius 3 is 2.68 bits per heavy atom. The zero-order valence-electron chi connectivity index (χ0n) is 12.9. The number of nitro benzene ring substituents is 1. The highest BCUT2D eigenvalue weighted by Crippen LogP contribution is 2.53. The number of nitro groups is 1. The Balaban J connectivity index is 1.85. The lowest BCUT2D eigenvalue weighted by Crippen LogP contribution is -2.29. The molecule has 128 valence electrons. The van der Waals surface area contributed by atoms with Gasteiger partial charge in [-0.2, -0.15) is 0 Å². The predicted octanol–water partition coefficient (Wildman–Crippen LogP) is 6.38. The van der Waals surface area contributed by atoms with Crippen LogP contribution in [0, 0.1) is 16.0 Å². The van der Waals surface area contributed by atoms with Crippen LogP contribution < -0.4 is 5.32 Å². The number of nitrogens with zero attached hydrogens (tertiary/aromatic N) is 1. The second kappa shape index (κ2) is 6.20. The molecule has 4 rings (SSSR count). The number of nitrogens with one attached hydrogen (secondary N) is 1. The third-order valence-corrected chi connectivity index (χ3v) is 5.78. The summed E-state index contributed by atoms with van der Waals surface area (Å²) >= 11 is 19.0. The molecule has 0 unspecified atom stereocenters. The van der Waals surface area contributed by atoms with E-state index in [2.05, 4.69) is 17.5 Å². The highest BCUT2D eigenvalue weighted by atomic mass is 35.5. The Labute approximate surface area is 159 Å². The van der Waals surface area contributed by atoms with E-state index in [1.165, 1.54) is 6.07 Å². The molecule has 0 saturated heterocycles. The second-order valence-corrected chi connectivity index (χ2v) is 7.54. The fourth-order valence-electron chi connectivity index (χ4n) is 3.83. The summed E-state index contributed by atoms with van der Waals surface area (Å²) < 4.78 is 0. The summed E-state index contributed by atoms with van der Waals surface area (Å²) in [5.74, 6) is 0.312. The fraction of sp³-hybridized carbons (Fsp3) is 0.222. The summed E-state index contributed by atoms with van der Waals surface area (Å²) in [6, 6.07) is 7.97. The fourth-order valence-corrected chi connectivity index (χ4v) is 4.69. The summed E-state index contributed by atoms with van der Waals surface area (Å²) in [6.45, 7) is 0. The molecule has 0 fully saturated rings. The number of non-ortho nitro benzene ring substituents is 1. The molecule has 0 spiro atoms. The van der Waals surface area contributed by atoms with Crippen molar-refractivity contribution in [1.82, 2.24) is 0 Å². The molecule has 0 bridgehead atoms. The number of fused-ring (bicyclic) bond motifs is 3. The lowest BCUT2D eigenvalue weighted by Gasteiger charge is -2.38. The Hall–Kier alpha value is -1.75. The van der Waals surface area contributed by atoms with Crippen LogP contribution in [0.5, 0.6) is 0 Å². The Morgan fingerprint density at radius 2 is 1.92 bits per heavy atom. The molecule has 7 heteroatoms. The van der Waals surface area contributed by atoms with Gasteiger partial charge in [-0.3, -0.25) is 10.1 Å². The van der Waals surface area contributed by atoms with E-state index < -0.39 is 4.92 Å². The molecular weight excluding hydrogens is 383 g/mol. The van der Waals surface area contributed by atoms with Gasteiger partial charge in [0.05, 0.1) is 11.0 Å². The normalized spacial score (nSPS) is 23.7. The summed E-state index contributed by atoms with van der Waals surface area (Å²) in [5, 5.41) is 16.3. The van der Waals surface area contributed by atoms with Gasteiger partial charge in [0.2, 0.25) is 0 Å². The average Bonchev–Trinajstić information content (AvgIpc) is 3.03. The minimum Gasteiger partial charge on any atom is -0.378 e. The van der Waals surface area contributed by atoms with Crippen molar-refractivity contribution in [1.29, 1.82) is 0 Å². The molecule has 25 heavy (non-hydrogen) atoms. The molecule has 2 aliphatic rings. The molecule has 1 aliphatic carbocycles. The van der Waals surface area contributed by atoms with Crippen LogP contribution >= 0.6 is 34.8 Å². The van der Waals surface area contributed by atoms with Gasteiger partial charge in [-0.25, -0.2) is 0 Å². The van der Waals surface area contributed by atoms with Crippen molar-refractivity contribution in [3.63, 3.8) is 0 Å². The number of allylic oxidation sites excluding steroid dienone is 2. The number of hydrogen-bond acceptors (Lipinski definition) is 3. The van der Waals surface area contributed by atoms with Crippen molar-refractivity contribution in [2.24, 2.45) is 5.92 Å². The second-order valence-electron chi connectivity index (χ2n) is 6.29. The van der Waals surface area contributed by atoms with Gasteiger partial charge in [0.25, 0.3) is 5.69 Å². The summed E-state index contributed by atoms with van der Waals surface area (Å²) in [5.41, 5.74) is 2.61. The van der Waals surface area contributed by atoms with Crippen LogP contribution in [0.3, 0.4) is 0 Å². The number of benzene rings is 2. The zero-order valence-corrected chi connectivity index (χ0v) is 15.1. The molecule has 4 nitrogen and oxygen atoms in total. The first kappa shape index (κ1) is 16.7. The largest absolute Gasteiger partial charge is 0.378 e. The van der Waals surface area contributed by atoms with E-state index in [1.54, 1.807) is 18.2 Å². The summed E-state index contributed by atoms with van der Waals surface area (Å²) in [4.78, 5) is 10.7. The van der Waals surface area contributed by atoms with Crippen LogP contribution in [0.15, 0.2) is 42.5 Å². The van der Waals surface area contributed by atoms with E-state index in [1.807, 2.05) is 6.07 Å². The van der Waals surface area contributed by atoms with Crippen LogP contribution in [0.1, 0.15) is 29.5 Å². The molecule has 1 aliphatic heterocycles. The van der Waals surface area contributed by atoms with E-state index in [0.29, 0.717) is 15.1 Å². The van der Waals surface area contributed by atoms with Gasteiger partial charge in [0.15, 0.2) is 0 Å². The Kier molecular flexibility index (Phi) is 4.14. The average molecular weight is 396 g/mol. The van der Waals surface area contributed by atoms with E-state index in [9.17, 15) is 10.1 Å². The van der Waals surface area contributed by atoms with Crippen LogP contribution in [0.25, 0.3) is 0 Å². The van der Waals surface area contributed by atoms with Gasteiger partial charge >= 0.3 is 0 Å². The molecule has 2 aromatic carbocycles. The maximum absolute atomic E-state index is 11.2. The molecule has 2 aromatic rings. The number of hydrogen-bond donors (Lipinski definition) is 1. The van der Waals surface area contributed by atoms with Gasteiger partial charge in [-0.05, 0) is 30.5 Å². The quantitative estimate of drug-likeness (QED) is 0.364. The smallest absolute Gasteiger partial charge is 0.269 e. The van der Waals surface area contributed by atoms with Crippen molar-refractivity contribution in [2.45, 2.75) is 18.4 Å². The lowest BCUT2D eigenvalue weighted by atomic mass is 9.77. The lowest BCUT2D eigenvalue weighted by molar-refractivity contribution is -0.384. The zero-order chi connectivity index (χ0) is 17.7. The first-order chi connectivity index (χ1) is 12.0. The topological polar surface area (TPSA) is 55.2 Å². The minimum atomic E-state index is -0.408. The molecule has 1 heterocycles. The number of anilines is 1. The van der Waals surface area contributed by atoms with E-state index >= 15 is 0 Å². The van der Waals surface area contributed by atoms with Gasteiger partial charge in [0.1, 0.15) is 0 Å². The van der Waals surface area contributed by atoms with Gasteiger partial charge in [0, 0.05) is 49.9 Å². The van der Waals surface area contributed by atoms with Crippen molar-refractivity contribution in [3.8, 4) is 0 Å². The highest BCUT2D eigenvalue weighted by molar-refractivity contribution is 6.35. The van der Waals surface area contributed by atoms with Crippen LogP contribution in [0.2, 0.25) is 15.1 Å². The van der Waals surface area contributed by atoms with Crippen molar-refractivity contribution in [2.75, 3.05) is 5.32 Å². The first-order valence-corrected chi connectivity index (χ1v) is 8.95. The Morgan fingerprint density at radius 1 is 1.12 bits per heavy atom. The van der Waals surface area contributed by atoms with Gasteiger partial charge < -0.3 is 5.32 Å². The third kappa shape index (κ3) is 2.78. The monoisotopic (exact) mass is 394 g/mol. The summed E-state index contributed by atoms with van der Waals surface area (Å²) in [6.07, 6.45) is 5.11. The standard InChI is InChI=1S/C18H13Cl3N2O2/c19-9-6-15(21)17-11-2-1-3-12(11)18(22-16(17)7-9)13-8-10(23(24)25)4-5-14(13)20/h1-2,4-8,11-12,18,22H,3H2/t11-,12+,18+/m0/s1. The van der Waals surface area contributed by atoms with E-state index in [-0.39, 0.29) is 23.6 Å². The number of halogens is 3. The molecule has 0 amide bonds. The first-order valence-electron chi connectivity index (χ1n) is 7.81. The van der Waals surface area contributed by atoms with E-state index in [4.69, 9.17) is 34.8 Å². The third-order valence-electron chi connectivity index (χ3n) is 4.91. The van der Waals surface area contributed by atoms with Crippen molar-refractivity contribution < 1.29 is 4.92 Å². The molecule has 1 N–H and O–H groups in total. The molecule has 0 saturated carbocycles. The van der Waals surface area contributed by atoms with Gasteiger partial charge in [-0.1, -0.05) is 47.0 Å². The van der Waals surface area contributed by atoms with Crippen LogP contribution in [-0.4, -0.2) is 4.92 Å². The predicted molar refractivity (Wildman–Crippen MR) is 101 cm³/mol. The maximum atomic E-state index is 11.2. The SMILES string of the molecule is O=[N+]([O-])c1ccc(Cl)c([C@@H]2Nc3cc(Cl)cc(Cl)c3[C@H]3C=CC[C@H]32)c1. The molecule has 0 radical (unpaired) electrons. The van der Waals surface area contributed by atoms with Crippen LogP contribution in [0.4, 0.5) is 11.4 Å². The number of rotatable bonds is 2. The molecule has 0 aromatic heterocycles. The van der Waals surface area contributed by atoms with Crippen molar-refractivity contribution in [3.05, 3.63) is 78.8 Å². The summed E-state index contributed by atoms with van der Waals surface area (Å²) in [7, 11) is 0. The van der Waals surface area contributed by atoms with E-state index in [0.717, 1.165) is 23.2 Å². The minimum absolute atomic E-state index is 0.0265. The Bertz CT molecular complexity index is 913.